The summed E-state index contributed by atoms with van der Waals surface area (Å²) >= 11 is 0. The maximum absolute atomic E-state index is 7.21. The topological polar surface area (TPSA) is 26.3 Å². The van der Waals surface area contributed by atoms with Crippen LogP contribution in [0.5, 0.6) is 0 Å². The van der Waals surface area contributed by atoms with Crippen molar-refractivity contribution in [1.82, 2.24) is 0 Å². The zero-order valence-corrected chi connectivity index (χ0v) is 56.3. The van der Waals surface area contributed by atoms with Crippen molar-refractivity contribution in [3.63, 3.8) is 0 Å². The molecular weight excluding hydrogens is 1260 g/mol. The molecule has 478 valence electrons. The van der Waals surface area contributed by atoms with Crippen molar-refractivity contribution in [2.24, 2.45) is 0 Å². The predicted molar refractivity (Wildman–Crippen MR) is 444 cm³/mol. The van der Waals surface area contributed by atoms with Crippen molar-refractivity contribution < 1.29 is 8.83 Å². The van der Waals surface area contributed by atoms with Crippen LogP contribution in [-0.2, 0) is 0 Å². The second-order valence-electron chi connectivity index (χ2n) is 28.3. The Morgan fingerprint density at radius 3 is 1.07 bits per heavy atom. The van der Waals surface area contributed by atoms with E-state index in [1.54, 1.807) is 0 Å². The van der Waals surface area contributed by atoms with E-state index in [0.29, 0.717) is 0 Å². The summed E-state index contributed by atoms with van der Waals surface area (Å²) in [6.07, 6.45) is 0. The first-order valence-electron chi connectivity index (χ1n) is 36.0. The van der Waals surface area contributed by atoms with Gasteiger partial charge in [0, 0.05) is 32.3 Å². The molecule has 0 radical (unpaired) electrons. The lowest BCUT2D eigenvalue weighted by Gasteiger charge is -2.20. The van der Waals surface area contributed by atoms with E-state index in [1.807, 2.05) is 0 Å². The Hall–Kier alpha value is -13.7. The standard InChI is InChI=1S/C102H58O2/c1-2-25-70-59(21-1)43-44-65-56-91(73-28-4-7-30-75(73)94(65)70)98-83-38-15-13-36-81(83)97(82-37-14-16-39-84(82)98)67-48-52-89-93(58-67)104-102-87-41-18-6-29-74(87)90-55-61(46-50-85(90)100(89)102)60-45-49-69-62(53-60)23-20-42-68(69)63-22-19-24-64(54-63)95-77-32-9-11-34-79(77)96(80-35-12-10-33-78(80)95)66-47-51-88-92(57-66)103-101-86-40-17-5-27-72(86)71-26-3-8-31-76(71)99(88)101/h1-58H. The van der Waals surface area contributed by atoms with Crippen LogP contribution < -0.4 is 0 Å². The van der Waals surface area contributed by atoms with Gasteiger partial charge in [0.05, 0.1) is 0 Å². The van der Waals surface area contributed by atoms with E-state index in [0.717, 1.165) is 60.4 Å². The highest BCUT2D eigenvalue weighted by molar-refractivity contribution is 6.34. The second-order valence-corrected chi connectivity index (χ2v) is 28.3. The highest BCUT2D eigenvalue weighted by Crippen LogP contribution is 2.52. The number of furan rings is 2. The summed E-state index contributed by atoms with van der Waals surface area (Å²) in [4.78, 5) is 0. The molecular formula is C102H58O2. The summed E-state index contributed by atoms with van der Waals surface area (Å²) in [5, 5.41) is 33.7. The molecule has 0 atom stereocenters. The van der Waals surface area contributed by atoms with E-state index >= 15 is 0 Å². The van der Waals surface area contributed by atoms with Gasteiger partial charge in [0.2, 0.25) is 0 Å². The molecule has 2 heteroatoms. The molecule has 0 saturated carbocycles. The minimum Gasteiger partial charge on any atom is -0.455 e. The van der Waals surface area contributed by atoms with Gasteiger partial charge in [-0.05, 0) is 234 Å². The van der Waals surface area contributed by atoms with Crippen molar-refractivity contribution >= 4 is 173 Å². The van der Waals surface area contributed by atoms with E-state index in [9.17, 15) is 0 Å². The summed E-state index contributed by atoms with van der Waals surface area (Å²) in [5.74, 6) is 0. The van der Waals surface area contributed by atoms with Gasteiger partial charge in [0.25, 0.3) is 0 Å². The molecule has 0 saturated heterocycles. The first kappa shape index (κ1) is 57.1. The summed E-state index contributed by atoms with van der Waals surface area (Å²) in [6, 6.07) is 131. The lowest BCUT2D eigenvalue weighted by molar-refractivity contribution is 0.672. The van der Waals surface area contributed by atoms with Gasteiger partial charge in [-0.15, -0.1) is 0 Å². The predicted octanol–water partition coefficient (Wildman–Crippen LogP) is 29.3. The summed E-state index contributed by atoms with van der Waals surface area (Å²) in [5.41, 5.74) is 17.9. The zero-order chi connectivity index (χ0) is 67.8. The fourth-order valence-corrected chi connectivity index (χ4v) is 18.5. The lowest BCUT2D eigenvalue weighted by atomic mass is 9.83. The van der Waals surface area contributed by atoms with Gasteiger partial charge in [-0.1, -0.05) is 303 Å². The van der Waals surface area contributed by atoms with Crippen LogP contribution in [0.25, 0.3) is 240 Å². The number of rotatable bonds is 6. The Balaban J connectivity index is 0.617. The molecule has 0 aliphatic rings. The van der Waals surface area contributed by atoms with Crippen LogP contribution in [-0.4, -0.2) is 0 Å². The van der Waals surface area contributed by atoms with E-state index < -0.39 is 0 Å². The highest BCUT2D eigenvalue weighted by atomic mass is 16.3. The Kier molecular flexibility index (Phi) is 12.0. The lowest BCUT2D eigenvalue weighted by Crippen LogP contribution is -1.92. The number of hydrogen-bond donors (Lipinski definition) is 0. The average Bonchev–Trinajstić information content (AvgIpc) is 1.25. The summed E-state index contributed by atoms with van der Waals surface area (Å²) < 4.78 is 14.2. The largest absolute Gasteiger partial charge is 0.455 e. The second kappa shape index (κ2) is 21.9. The zero-order valence-electron chi connectivity index (χ0n) is 56.3. The van der Waals surface area contributed by atoms with Crippen LogP contribution in [0.4, 0.5) is 0 Å². The SMILES string of the molecule is c1cc(-c2cccc3cc(-c4ccc5c(c4)c4ccccc4c4oc6cc(-c7c8ccccc8c(-c8cc9ccc%10ccccc%10c9c9ccccc89)c8ccccc78)ccc6c54)ccc23)cc(-c2c3ccccc3c(-c3ccc4c(c3)oc3c5ccccc5c5ccccc5c43)c3ccccc23)c1. The molecule has 0 spiro atoms. The number of benzene rings is 21. The molecule has 23 aromatic rings. The fourth-order valence-electron chi connectivity index (χ4n) is 18.5. The molecule has 2 aromatic heterocycles. The van der Waals surface area contributed by atoms with Crippen LogP contribution in [0, 0.1) is 0 Å². The first-order chi connectivity index (χ1) is 51.6. The summed E-state index contributed by atoms with van der Waals surface area (Å²) in [7, 11) is 0. The Morgan fingerprint density at radius 2 is 0.510 bits per heavy atom. The Labute approximate surface area is 596 Å². The van der Waals surface area contributed by atoms with Crippen LogP contribution >= 0.6 is 0 Å². The van der Waals surface area contributed by atoms with Crippen LogP contribution in [0.3, 0.4) is 0 Å². The third kappa shape index (κ3) is 8.22. The molecule has 0 amide bonds. The van der Waals surface area contributed by atoms with E-state index in [1.165, 1.54) is 180 Å². The van der Waals surface area contributed by atoms with Crippen molar-refractivity contribution in [2.45, 2.75) is 0 Å². The normalized spacial score (nSPS) is 12.2. The fraction of sp³-hybridized carbons (Fsp3) is 0. The molecule has 2 heterocycles. The minimum absolute atomic E-state index is 0.872. The van der Waals surface area contributed by atoms with Gasteiger partial charge >= 0.3 is 0 Å². The molecule has 0 aliphatic heterocycles. The third-order valence-electron chi connectivity index (χ3n) is 22.9. The third-order valence-corrected chi connectivity index (χ3v) is 22.9. The van der Waals surface area contributed by atoms with Crippen molar-refractivity contribution in [2.75, 3.05) is 0 Å². The minimum atomic E-state index is 0.872. The van der Waals surface area contributed by atoms with Crippen LogP contribution in [0.15, 0.2) is 361 Å². The van der Waals surface area contributed by atoms with Crippen LogP contribution in [0.2, 0.25) is 0 Å². The maximum atomic E-state index is 7.21. The quantitative estimate of drug-likeness (QED) is 0.123. The maximum Gasteiger partial charge on any atom is 0.143 e. The highest BCUT2D eigenvalue weighted by Gasteiger charge is 2.25. The molecule has 0 aliphatic carbocycles. The van der Waals surface area contributed by atoms with Crippen molar-refractivity contribution in [3.8, 4) is 66.8 Å². The van der Waals surface area contributed by atoms with E-state index in [2.05, 4.69) is 352 Å². The smallest absolute Gasteiger partial charge is 0.143 e. The van der Waals surface area contributed by atoms with Gasteiger partial charge < -0.3 is 8.83 Å². The van der Waals surface area contributed by atoms with Crippen molar-refractivity contribution in [1.29, 1.82) is 0 Å². The van der Waals surface area contributed by atoms with Gasteiger partial charge in [0.1, 0.15) is 22.3 Å². The molecule has 21 aromatic carbocycles. The molecule has 0 fully saturated rings. The van der Waals surface area contributed by atoms with Crippen molar-refractivity contribution in [3.05, 3.63) is 352 Å². The number of fused-ring (bicyclic) bond motifs is 26. The molecule has 23 rings (SSSR count). The van der Waals surface area contributed by atoms with E-state index in [4.69, 9.17) is 8.83 Å². The molecule has 0 bridgehead atoms. The Morgan fingerprint density at radius 1 is 0.144 bits per heavy atom. The van der Waals surface area contributed by atoms with Gasteiger partial charge in [-0.25, -0.2) is 0 Å². The van der Waals surface area contributed by atoms with Crippen LogP contribution in [0.1, 0.15) is 0 Å². The molecule has 0 unspecified atom stereocenters. The molecule has 2 nitrogen and oxygen atoms in total. The van der Waals surface area contributed by atoms with Gasteiger partial charge in [-0.2, -0.15) is 0 Å². The van der Waals surface area contributed by atoms with E-state index in [-0.39, 0.29) is 0 Å². The first-order valence-corrected chi connectivity index (χ1v) is 36.0. The number of hydrogen-bond acceptors (Lipinski definition) is 2. The van der Waals surface area contributed by atoms with Gasteiger partial charge in [-0.3, -0.25) is 0 Å². The Bertz CT molecular complexity index is 7620. The summed E-state index contributed by atoms with van der Waals surface area (Å²) in [6.45, 7) is 0. The molecule has 104 heavy (non-hydrogen) atoms. The molecule has 0 N–H and O–H groups in total. The van der Waals surface area contributed by atoms with Gasteiger partial charge in [0.15, 0.2) is 0 Å². The monoisotopic (exact) mass is 1310 g/mol. The average molecular weight is 1320 g/mol.